The first-order valence-electron chi connectivity index (χ1n) is 6.74. The average Bonchev–Trinajstić information content (AvgIpc) is 2.53. The van der Waals surface area contributed by atoms with Gasteiger partial charge in [-0.05, 0) is 37.3 Å². The molecule has 0 aromatic heterocycles. The largest absolute Gasteiger partial charge is 0.484 e. The first-order chi connectivity index (χ1) is 11.0. The van der Waals surface area contributed by atoms with Gasteiger partial charge < -0.3 is 10.1 Å². The molecule has 0 aliphatic rings. The van der Waals surface area contributed by atoms with Crippen molar-refractivity contribution in [2.24, 2.45) is 0 Å². The maximum Gasteiger partial charge on any atom is 0.271 e. The number of hydrogen-bond acceptors (Lipinski definition) is 5. The molecule has 0 spiro atoms. The van der Waals surface area contributed by atoms with E-state index < -0.39 is 10.8 Å². The molecule has 0 radical (unpaired) electrons. The minimum absolute atomic E-state index is 0.0556. The molecule has 0 heterocycles. The molecule has 1 amide bonds. The topological polar surface area (TPSA) is 98.5 Å². The van der Waals surface area contributed by atoms with Crippen molar-refractivity contribution in [2.45, 2.75) is 6.92 Å². The molecule has 2 aromatic rings. The van der Waals surface area contributed by atoms with Crippen molar-refractivity contribution in [1.82, 2.24) is 0 Å². The molecule has 0 atom stereocenters. The molecule has 0 saturated heterocycles. The van der Waals surface area contributed by atoms with Crippen molar-refractivity contribution in [3.05, 3.63) is 64.2 Å². The maximum absolute atomic E-state index is 11.8. The van der Waals surface area contributed by atoms with Gasteiger partial charge in [0.1, 0.15) is 5.75 Å². The number of amides is 1. The number of benzene rings is 2. The molecule has 0 unspecified atom stereocenters. The Morgan fingerprint density at radius 2 is 1.87 bits per heavy atom. The second-order valence-electron chi connectivity index (χ2n) is 4.72. The first kappa shape index (κ1) is 16.2. The fraction of sp³-hybridized carbons (Fsp3) is 0.125. The monoisotopic (exact) mass is 314 g/mol. The van der Waals surface area contributed by atoms with Crippen LogP contribution in [0.25, 0.3) is 0 Å². The molecule has 23 heavy (non-hydrogen) atoms. The number of carbonyl (C=O) groups is 2. The number of nitro benzene ring substituents is 1. The number of nitrogens with zero attached hydrogens (tertiary/aromatic N) is 1. The lowest BCUT2D eigenvalue weighted by Crippen LogP contribution is -2.20. The maximum atomic E-state index is 11.8. The van der Waals surface area contributed by atoms with Gasteiger partial charge in [-0.25, -0.2) is 0 Å². The van der Waals surface area contributed by atoms with Gasteiger partial charge in [0.25, 0.3) is 11.6 Å². The zero-order valence-electron chi connectivity index (χ0n) is 12.3. The Labute approximate surface area is 132 Å². The summed E-state index contributed by atoms with van der Waals surface area (Å²) in [6.45, 7) is 1.21. The fourth-order valence-corrected chi connectivity index (χ4v) is 1.83. The third-order valence-electron chi connectivity index (χ3n) is 2.97. The van der Waals surface area contributed by atoms with Gasteiger partial charge in [-0.15, -0.1) is 0 Å². The van der Waals surface area contributed by atoms with Crippen LogP contribution in [0.5, 0.6) is 5.75 Å². The van der Waals surface area contributed by atoms with Crippen molar-refractivity contribution >= 4 is 23.1 Å². The fourth-order valence-electron chi connectivity index (χ4n) is 1.83. The van der Waals surface area contributed by atoms with Gasteiger partial charge in [-0.1, -0.05) is 6.07 Å². The third kappa shape index (κ3) is 4.63. The van der Waals surface area contributed by atoms with E-state index >= 15 is 0 Å². The third-order valence-corrected chi connectivity index (χ3v) is 2.97. The molecule has 0 aliphatic heterocycles. The predicted molar refractivity (Wildman–Crippen MR) is 83.7 cm³/mol. The number of ether oxygens (including phenoxy) is 1. The van der Waals surface area contributed by atoms with Crippen molar-refractivity contribution in [1.29, 1.82) is 0 Å². The Kier molecular flexibility index (Phi) is 5.03. The van der Waals surface area contributed by atoms with Crippen molar-refractivity contribution in [3.63, 3.8) is 0 Å². The Balaban J connectivity index is 1.91. The van der Waals surface area contributed by atoms with E-state index in [1.165, 1.54) is 25.1 Å². The van der Waals surface area contributed by atoms with Gasteiger partial charge in [0.15, 0.2) is 12.4 Å². The smallest absolute Gasteiger partial charge is 0.271 e. The zero-order valence-corrected chi connectivity index (χ0v) is 12.3. The van der Waals surface area contributed by atoms with E-state index in [1.54, 1.807) is 30.3 Å². The highest BCUT2D eigenvalue weighted by Crippen LogP contribution is 2.17. The van der Waals surface area contributed by atoms with E-state index in [9.17, 15) is 19.7 Å². The summed E-state index contributed by atoms with van der Waals surface area (Å²) in [6.07, 6.45) is 0. The number of hydrogen-bond donors (Lipinski definition) is 1. The summed E-state index contributed by atoms with van der Waals surface area (Å²) in [5.41, 5.74) is 0.765. The first-order valence-corrected chi connectivity index (χ1v) is 6.74. The Morgan fingerprint density at radius 3 is 2.48 bits per heavy atom. The molecule has 1 N–H and O–H groups in total. The lowest BCUT2D eigenvalue weighted by Gasteiger charge is -2.07. The molecule has 2 rings (SSSR count). The van der Waals surface area contributed by atoms with Crippen molar-refractivity contribution in [2.75, 3.05) is 11.9 Å². The van der Waals surface area contributed by atoms with Crippen LogP contribution in [0.4, 0.5) is 11.4 Å². The van der Waals surface area contributed by atoms with E-state index in [2.05, 4.69) is 5.32 Å². The van der Waals surface area contributed by atoms with E-state index in [0.29, 0.717) is 17.0 Å². The SMILES string of the molecule is CC(=O)c1ccc(OCC(=O)Nc2cccc([N+](=O)[O-])c2)cc1. The van der Waals surface area contributed by atoms with Crippen LogP contribution >= 0.6 is 0 Å². The van der Waals surface area contributed by atoms with Crippen LogP contribution in [-0.2, 0) is 4.79 Å². The van der Waals surface area contributed by atoms with Gasteiger partial charge in [0, 0.05) is 23.4 Å². The highest BCUT2D eigenvalue weighted by atomic mass is 16.6. The number of carbonyl (C=O) groups excluding carboxylic acids is 2. The highest BCUT2D eigenvalue weighted by Gasteiger charge is 2.09. The summed E-state index contributed by atoms with van der Waals surface area (Å²) in [7, 11) is 0. The second-order valence-corrected chi connectivity index (χ2v) is 4.72. The van der Waals surface area contributed by atoms with Crippen molar-refractivity contribution < 1.29 is 19.2 Å². The summed E-state index contributed by atoms with van der Waals surface area (Å²) < 4.78 is 5.30. The molecule has 0 bridgehead atoms. The van der Waals surface area contributed by atoms with Gasteiger partial charge in [-0.2, -0.15) is 0 Å². The molecular weight excluding hydrogens is 300 g/mol. The number of Topliss-reactive ketones (excluding diaryl/α,β-unsaturated/α-hetero) is 1. The lowest BCUT2D eigenvalue weighted by molar-refractivity contribution is -0.384. The van der Waals surface area contributed by atoms with E-state index in [0.717, 1.165) is 0 Å². The minimum atomic E-state index is -0.539. The van der Waals surface area contributed by atoms with Crippen LogP contribution < -0.4 is 10.1 Å². The van der Waals surface area contributed by atoms with Gasteiger partial charge >= 0.3 is 0 Å². The molecule has 118 valence electrons. The second kappa shape index (κ2) is 7.17. The van der Waals surface area contributed by atoms with Crippen LogP contribution in [0.1, 0.15) is 17.3 Å². The molecule has 0 saturated carbocycles. The molecule has 7 heteroatoms. The van der Waals surface area contributed by atoms with Crippen LogP contribution in [-0.4, -0.2) is 23.2 Å². The summed E-state index contributed by atoms with van der Waals surface area (Å²) in [5, 5.41) is 13.2. The average molecular weight is 314 g/mol. The van der Waals surface area contributed by atoms with Crippen LogP contribution in [0, 0.1) is 10.1 Å². The molecular formula is C16H14N2O5. The number of nitro groups is 1. The number of anilines is 1. The molecule has 7 nitrogen and oxygen atoms in total. The van der Waals surface area contributed by atoms with E-state index in [-0.39, 0.29) is 18.1 Å². The summed E-state index contributed by atoms with van der Waals surface area (Å²) >= 11 is 0. The number of ketones is 1. The lowest BCUT2D eigenvalue weighted by atomic mass is 10.1. The normalized spacial score (nSPS) is 9.96. The summed E-state index contributed by atoms with van der Waals surface area (Å²) in [6, 6.07) is 12.0. The molecule has 0 aliphatic carbocycles. The minimum Gasteiger partial charge on any atom is -0.484 e. The zero-order chi connectivity index (χ0) is 16.8. The Morgan fingerprint density at radius 1 is 1.17 bits per heavy atom. The Bertz CT molecular complexity index is 740. The van der Waals surface area contributed by atoms with Crippen LogP contribution in [0.2, 0.25) is 0 Å². The standard InChI is InChI=1S/C16H14N2O5/c1-11(19)12-5-7-15(8-6-12)23-10-16(20)17-13-3-2-4-14(9-13)18(21)22/h2-9H,10H2,1H3,(H,17,20). The molecule has 0 fully saturated rings. The Hall–Kier alpha value is -3.22. The van der Waals surface area contributed by atoms with Crippen LogP contribution in [0.3, 0.4) is 0 Å². The number of nitrogens with one attached hydrogen (secondary N) is 1. The van der Waals surface area contributed by atoms with Gasteiger partial charge in [-0.3, -0.25) is 19.7 Å². The predicted octanol–water partition coefficient (Wildman–Crippen LogP) is 2.81. The number of non-ortho nitro benzene ring substituents is 1. The van der Waals surface area contributed by atoms with E-state index in [1.807, 2.05) is 0 Å². The number of rotatable bonds is 6. The van der Waals surface area contributed by atoms with Crippen molar-refractivity contribution in [3.8, 4) is 5.75 Å². The summed E-state index contributed by atoms with van der Waals surface area (Å²) in [5.74, 6) is -0.0506. The molecule has 2 aromatic carbocycles. The quantitative estimate of drug-likeness (QED) is 0.502. The van der Waals surface area contributed by atoms with Gasteiger partial charge in [0.2, 0.25) is 0 Å². The highest BCUT2D eigenvalue weighted by molar-refractivity contribution is 5.94. The van der Waals surface area contributed by atoms with Crippen LogP contribution in [0.15, 0.2) is 48.5 Å². The summed E-state index contributed by atoms with van der Waals surface area (Å²) in [4.78, 5) is 33.1. The van der Waals surface area contributed by atoms with Gasteiger partial charge in [0.05, 0.1) is 4.92 Å². The van der Waals surface area contributed by atoms with E-state index in [4.69, 9.17) is 4.74 Å².